The molecule has 0 heterocycles. The molecule has 1 aromatic rings. The van der Waals surface area contributed by atoms with E-state index >= 15 is 0 Å². The van der Waals surface area contributed by atoms with Crippen LogP contribution < -0.4 is 10.1 Å². The number of nitrogens with zero attached hydrogens (tertiary/aromatic N) is 1. The first-order valence-corrected chi connectivity index (χ1v) is 5.80. The Morgan fingerprint density at radius 3 is 2.79 bits per heavy atom. The molecule has 0 spiro atoms. The van der Waals surface area contributed by atoms with Crippen LogP contribution in [0, 0.1) is 10.1 Å². The molecular formula is C12H16N2O5. The lowest BCUT2D eigenvalue weighted by Gasteiger charge is -2.07. The summed E-state index contributed by atoms with van der Waals surface area (Å²) in [6.07, 6.45) is 0.202. The second kappa shape index (κ2) is 7.20. The van der Waals surface area contributed by atoms with Crippen LogP contribution in [-0.4, -0.2) is 31.2 Å². The van der Waals surface area contributed by atoms with Crippen LogP contribution in [-0.2, 0) is 9.53 Å². The molecule has 0 fully saturated rings. The van der Waals surface area contributed by atoms with Gasteiger partial charge in [0.05, 0.1) is 25.1 Å². The number of hydrogen-bond acceptors (Lipinski definition) is 6. The molecule has 7 heteroatoms. The van der Waals surface area contributed by atoms with Gasteiger partial charge in [-0.1, -0.05) is 0 Å². The Morgan fingerprint density at radius 1 is 1.47 bits per heavy atom. The predicted octanol–water partition coefficient (Wildman–Crippen LogP) is 1.97. The number of hydrogen-bond donors (Lipinski definition) is 1. The molecule has 0 unspecified atom stereocenters. The molecule has 0 bridgehead atoms. The Labute approximate surface area is 110 Å². The first-order chi connectivity index (χ1) is 9.08. The van der Waals surface area contributed by atoms with Crippen molar-refractivity contribution in [2.45, 2.75) is 13.3 Å². The fraction of sp³-hybridized carbons (Fsp3) is 0.417. The van der Waals surface area contributed by atoms with Crippen LogP contribution in [0.3, 0.4) is 0 Å². The first-order valence-electron chi connectivity index (χ1n) is 5.80. The SMILES string of the molecule is CCOC(=O)CCNc1ccc(OC)c([N+](=O)[O-])c1. The van der Waals surface area contributed by atoms with E-state index in [1.807, 2.05) is 0 Å². The zero-order valence-corrected chi connectivity index (χ0v) is 10.8. The number of nitro benzene ring substituents is 1. The van der Waals surface area contributed by atoms with Gasteiger partial charge in [0.25, 0.3) is 0 Å². The molecule has 7 nitrogen and oxygen atoms in total. The highest BCUT2D eigenvalue weighted by molar-refractivity contribution is 5.70. The van der Waals surface area contributed by atoms with Gasteiger partial charge in [-0.15, -0.1) is 0 Å². The quantitative estimate of drug-likeness (QED) is 0.462. The maximum atomic E-state index is 11.1. The first kappa shape index (κ1) is 14.7. The lowest BCUT2D eigenvalue weighted by Crippen LogP contribution is -2.11. The fourth-order valence-electron chi connectivity index (χ4n) is 1.48. The van der Waals surface area contributed by atoms with Crippen LogP contribution in [0.2, 0.25) is 0 Å². The standard InChI is InChI=1S/C12H16N2O5/c1-3-19-12(15)6-7-13-9-4-5-11(18-2)10(8-9)14(16)17/h4-5,8,13H,3,6-7H2,1-2H3. The van der Waals surface area contributed by atoms with Crippen LogP contribution in [0.4, 0.5) is 11.4 Å². The zero-order valence-electron chi connectivity index (χ0n) is 10.8. The number of rotatable bonds is 7. The van der Waals surface area contributed by atoms with E-state index in [1.54, 1.807) is 13.0 Å². The minimum atomic E-state index is -0.518. The van der Waals surface area contributed by atoms with Crippen molar-refractivity contribution in [3.63, 3.8) is 0 Å². The van der Waals surface area contributed by atoms with E-state index in [4.69, 9.17) is 9.47 Å². The highest BCUT2D eigenvalue weighted by atomic mass is 16.6. The summed E-state index contributed by atoms with van der Waals surface area (Å²) in [6, 6.07) is 4.52. The summed E-state index contributed by atoms with van der Waals surface area (Å²) in [5.74, 6) is -0.112. The van der Waals surface area contributed by atoms with Crippen LogP contribution in [0.1, 0.15) is 13.3 Å². The van der Waals surface area contributed by atoms with Crippen molar-refractivity contribution in [1.29, 1.82) is 0 Å². The molecule has 1 N–H and O–H groups in total. The number of nitrogens with one attached hydrogen (secondary N) is 1. The topological polar surface area (TPSA) is 90.7 Å². The molecule has 1 aromatic carbocycles. The van der Waals surface area contributed by atoms with Gasteiger partial charge >= 0.3 is 11.7 Å². The molecular weight excluding hydrogens is 252 g/mol. The van der Waals surface area contributed by atoms with E-state index in [0.717, 1.165) is 0 Å². The number of anilines is 1. The molecule has 0 aliphatic carbocycles. The van der Waals surface area contributed by atoms with Crippen molar-refractivity contribution in [2.75, 3.05) is 25.6 Å². The molecule has 0 saturated carbocycles. The molecule has 0 aromatic heterocycles. The summed E-state index contributed by atoms with van der Waals surface area (Å²) < 4.78 is 9.66. The molecule has 0 aliphatic rings. The van der Waals surface area contributed by atoms with Gasteiger partial charge in [-0.2, -0.15) is 0 Å². The average Bonchev–Trinajstić information content (AvgIpc) is 2.38. The van der Waals surface area contributed by atoms with E-state index in [9.17, 15) is 14.9 Å². The molecule has 0 atom stereocenters. The van der Waals surface area contributed by atoms with E-state index in [0.29, 0.717) is 18.8 Å². The van der Waals surface area contributed by atoms with Crippen LogP contribution >= 0.6 is 0 Å². The van der Waals surface area contributed by atoms with Gasteiger partial charge in [-0.3, -0.25) is 14.9 Å². The summed E-state index contributed by atoms with van der Waals surface area (Å²) >= 11 is 0. The maximum absolute atomic E-state index is 11.1. The third-order valence-electron chi connectivity index (χ3n) is 2.34. The molecule has 0 amide bonds. The van der Waals surface area contributed by atoms with E-state index < -0.39 is 4.92 Å². The van der Waals surface area contributed by atoms with Crippen molar-refractivity contribution in [3.8, 4) is 5.75 Å². The summed E-state index contributed by atoms with van der Waals surface area (Å²) in [7, 11) is 1.37. The number of benzene rings is 1. The van der Waals surface area contributed by atoms with Gasteiger partial charge in [0.1, 0.15) is 0 Å². The third kappa shape index (κ3) is 4.46. The van der Waals surface area contributed by atoms with Gasteiger partial charge in [0.15, 0.2) is 5.75 Å². The summed E-state index contributed by atoms with van der Waals surface area (Å²) in [5.41, 5.74) is 0.431. The average molecular weight is 268 g/mol. The van der Waals surface area contributed by atoms with Gasteiger partial charge < -0.3 is 14.8 Å². The summed E-state index contributed by atoms with van der Waals surface area (Å²) in [4.78, 5) is 21.4. The van der Waals surface area contributed by atoms with E-state index in [1.165, 1.54) is 19.2 Å². The number of esters is 1. The number of carbonyl (C=O) groups is 1. The Morgan fingerprint density at radius 2 is 2.21 bits per heavy atom. The molecule has 0 aliphatic heterocycles. The number of methoxy groups -OCH3 is 1. The second-order valence-corrected chi connectivity index (χ2v) is 3.63. The fourth-order valence-corrected chi connectivity index (χ4v) is 1.48. The molecule has 19 heavy (non-hydrogen) atoms. The lowest BCUT2D eigenvalue weighted by molar-refractivity contribution is -0.385. The van der Waals surface area contributed by atoms with Crippen molar-refractivity contribution in [1.82, 2.24) is 0 Å². The second-order valence-electron chi connectivity index (χ2n) is 3.63. The molecule has 104 valence electrons. The third-order valence-corrected chi connectivity index (χ3v) is 2.34. The maximum Gasteiger partial charge on any atom is 0.312 e. The van der Waals surface area contributed by atoms with Crippen molar-refractivity contribution in [2.24, 2.45) is 0 Å². The van der Waals surface area contributed by atoms with Crippen LogP contribution in [0.15, 0.2) is 18.2 Å². The minimum Gasteiger partial charge on any atom is -0.490 e. The van der Waals surface area contributed by atoms with Gasteiger partial charge in [-0.05, 0) is 19.1 Å². The number of carbonyl (C=O) groups excluding carboxylic acids is 1. The highest BCUT2D eigenvalue weighted by Gasteiger charge is 2.15. The van der Waals surface area contributed by atoms with Gasteiger partial charge in [0.2, 0.25) is 0 Å². The minimum absolute atomic E-state index is 0.122. The normalized spacial score (nSPS) is 9.79. The van der Waals surface area contributed by atoms with Crippen molar-refractivity contribution < 1.29 is 19.2 Å². The number of nitro groups is 1. The Balaban J connectivity index is 2.62. The highest BCUT2D eigenvalue weighted by Crippen LogP contribution is 2.29. The van der Waals surface area contributed by atoms with Gasteiger partial charge in [-0.25, -0.2) is 0 Å². The summed E-state index contributed by atoms with van der Waals surface area (Å²) in [6.45, 7) is 2.42. The monoisotopic (exact) mass is 268 g/mol. The summed E-state index contributed by atoms with van der Waals surface area (Å²) in [5, 5.41) is 13.7. The van der Waals surface area contributed by atoms with Crippen LogP contribution in [0.5, 0.6) is 5.75 Å². The smallest absolute Gasteiger partial charge is 0.312 e. The lowest BCUT2D eigenvalue weighted by atomic mass is 10.2. The molecule has 1 rings (SSSR count). The Bertz CT molecular complexity index is 461. The largest absolute Gasteiger partial charge is 0.490 e. The van der Waals surface area contributed by atoms with Crippen molar-refractivity contribution >= 4 is 17.3 Å². The van der Waals surface area contributed by atoms with Gasteiger partial charge in [0, 0.05) is 18.3 Å². The predicted molar refractivity (Wildman–Crippen MR) is 69.4 cm³/mol. The molecule has 0 saturated heterocycles. The van der Waals surface area contributed by atoms with E-state index in [-0.39, 0.29) is 23.8 Å². The van der Waals surface area contributed by atoms with Crippen molar-refractivity contribution in [3.05, 3.63) is 28.3 Å². The molecule has 0 radical (unpaired) electrons. The Kier molecular flexibility index (Phi) is 5.59. The number of ether oxygens (including phenoxy) is 2. The van der Waals surface area contributed by atoms with E-state index in [2.05, 4.69) is 5.32 Å². The zero-order chi connectivity index (χ0) is 14.3. The van der Waals surface area contributed by atoms with Crippen LogP contribution in [0.25, 0.3) is 0 Å². The Hall–Kier alpha value is -2.31.